The number of nitrogens with two attached hydrogens (primary N) is 1. The van der Waals surface area contributed by atoms with E-state index in [1.807, 2.05) is 45.0 Å². The van der Waals surface area contributed by atoms with E-state index < -0.39 is 12.1 Å². The Balaban J connectivity index is 1.62. The molecule has 4 rings (SSSR count). The molecule has 37 heavy (non-hydrogen) atoms. The maximum absolute atomic E-state index is 11.7. The van der Waals surface area contributed by atoms with E-state index >= 15 is 0 Å². The molecule has 2 aromatic heterocycles. The molecule has 0 spiro atoms. The van der Waals surface area contributed by atoms with Crippen LogP contribution in [0.5, 0.6) is 0 Å². The summed E-state index contributed by atoms with van der Waals surface area (Å²) in [4.78, 5) is 22.0. The van der Waals surface area contributed by atoms with E-state index in [2.05, 4.69) is 31.2 Å². The molecule has 0 aliphatic carbocycles. The van der Waals surface area contributed by atoms with Crippen LogP contribution >= 0.6 is 11.3 Å². The lowest BCUT2D eigenvalue weighted by Crippen LogP contribution is -2.29. The van der Waals surface area contributed by atoms with Crippen LogP contribution in [-0.4, -0.2) is 34.1 Å². The maximum Gasteiger partial charge on any atom is 0.333 e. The van der Waals surface area contributed by atoms with Gasteiger partial charge in [0.2, 0.25) is 0 Å². The van der Waals surface area contributed by atoms with Gasteiger partial charge in [-0.2, -0.15) is 0 Å². The molecule has 2 heterocycles. The van der Waals surface area contributed by atoms with Crippen molar-refractivity contribution in [2.75, 3.05) is 0 Å². The second-order valence-electron chi connectivity index (χ2n) is 9.22. The fraction of sp³-hybridized carbons (Fsp3) is 0.276. The lowest BCUT2D eigenvalue weighted by atomic mass is 9.97. The summed E-state index contributed by atoms with van der Waals surface area (Å²) >= 11 is 1.52. The topological polar surface area (TPSA) is 111 Å². The van der Waals surface area contributed by atoms with Crippen LogP contribution in [0.25, 0.3) is 21.7 Å². The third kappa shape index (κ3) is 6.53. The first-order valence-electron chi connectivity index (χ1n) is 12.1. The van der Waals surface area contributed by atoms with Gasteiger partial charge in [-0.05, 0) is 50.5 Å². The summed E-state index contributed by atoms with van der Waals surface area (Å²) in [6.45, 7) is 7.96. The number of aliphatic imine (C=N–C) groups is 1. The summed E-state index contributed by atoms with van der Waals surface area (Å²) in [7, 11) is 0. The number of carboxylic acid groups (broad SMARTS) is 1. The van der Waals surface area contributed by atoms with Crippen LogP contribution in [-0.2, 0) is 22.5 Å². The molecule has 0 bridgehead atoms. The van der Waals surface area contributed by atoms with Gasteiger partial charge < -0.3 is 20.0 Å². The number of thiazole rings is 1. The first-order chi connectivity index (χ1) is 17.7. The van der Waals surface area contributed by atoms with Gasteiger partial charge >= 0.3 is 5.97 Å². The van der Waals surface area contributed by atoms with Gasteiger partial charge in [-0.15, -0.1) is 11.3 Å². The van der Waals surface area contributed by atoms with Crippen LogP contribution in [0.2, 0.25) is 0 Å². The normalized spacial score (nSPS) is 12.7. The summed E-state index contributed by atoms with van der Waals surface area (Å²) in [5.41, 5.74) is 13.1. The second kappa shape index (κ2) is 11.5. The number of ether oxygens (including phenoxy) is 1. The van der Waals surface area contributed by atoms with Crippen LogP contribution in [0.15, 0.2) is 70.5 Å². The molecular formula is C29H31N3O4S. The van der Waals surface area contributed by atoms with Gasteiger partial charge in [-0.25, -0.2) is 9.78 Å². The Morgan fingerprint density at radius 1 is 1.14 bits per heavy atom. The highest BCUT2D eigenvalue weighted by molar-refractivity contribution is 7.17. The number of hydrogen-bond donors (Lipinski definition) is 2. The number of hydrogen-bond acceptors (Lipinski definition) is 6. The maximum atomic E-state index is 11.7. The SMILES string of the molecule is Cc1ccc(-c2nc(C)c(C(N)=NCc3cc(CC(OC(C)C)C(=O)O)ccc3-c3ccoc3)s2)cc1. The number of furan rings is 1. The molecule has 3 N–H and O–H groups in total. The third-order valence-electron chi connectivity index (χ3n) is 5.88. The van der Waals surface area contributed by atoms with Gasteiger partial charge in [0, 0.05) is 17.5 Å². The first kappa shape index (κ1) is 26.3. The molecule has 0 aliphatic rings. The summed E-state index contributed by atoms with van der Waals surface area (Å²) in [5, 5.41) is 10.5. The predicted molar refractivity (Wildman–Crippen MR) is 147 cm³/mol. The molecule has 1 unspecified atom stereocenters. The van der Waals surface area contributed by atoms with Crippen molar-refractivity contribution in [2.24, 2.45) is 10.7 Å². The number of amidine groups is 1. The Hall–Kier alpha value is -3.75. The van der Waals surface area contributed by atoms with Crippen molar-refractivity contribution in [3.05, 3.63) is 88.3 Å². The molecule has 0 saturated carbocycles. The zero-order chi connectivity index (χ0) is 26.5. The van der Waals surface area contributed by atoms with E-state index in [0.717, 1.165) is 43.4 Å². The van der Waals surface area contributed by atoms with Crippen molar-refractivity contribution in [1.82, 2.24) is 4.98 Å². The fourth-order valence-corrected chi connectivity index (χ4v) is 5.03. The highest BCUT2D eigenvalue weighted by Gasteiger charge is 2.21. The summed E-state index contributed by atoms with van der Waals surface area (Å²) < 4.78 is 10.9. The van der Waals surface area contributed by atoms with Crippen LogP contribution in [0.3, 0.4) is 0 Å². The molecule has 4 aromatic rings. The standard InChI is InChI=1S/C29H31N3O4S/c1-17(2)36-25(29(33)34)14-20-7-10-24(22-11-12-35-16-22)23(13-20)15-31-27(30)26-19(4)32-28(37-26)21-8-5-18(3)6-9-21/h5-13,16-17,25H,14-15H2,1-4H3,(H2,30,31)(H,33,34). The molecule has 0 fully saturated rings. The largest absolute Gasteiger partial charge is 0.479 e. The van der Waals surface area contributed by atoms with Gasteiger partial charge in [0.15, 0.2) is 6.10 Å². The van der Waals surface area contributed by atoms with Crippen molar-refractivity contribution < 1.29 is 19.1 Å². The minimum Gasteiger partial charge on any atom is -0.479 e. The molecule has 0 radical (unpaired) electrons. The molecule has 192 valence electrons. The van der Waals surface area contributed by atoms with Gasteiger partial charge in [-0.1, -0.05) is 48.0 Å². The van der Waals surface area contributed by atoms with E-state index in [-0.39, 0.29) is 12.5 Å². The van der Waals surface area contributed by atoms with Crippen molar-refractivity contribution in [3.8, 4) is 21.7 Å². The molecule has 7 nitrogen and oxygen atoms in total. The highest BCUT2D eigenvalue weighted by atomic mass is 32.1. The number of carbonyl (C=O) groups is 1. The van der Waals surface area contributed by atoms with Crippen molar-refractivity contribution in [1.29, 1.82) is 0 Å². The summed E-state index contributed by atoms with van der Waals surface area (Å²) in [6.07, 6.45) is 2.42. The predicted octanol–water partition coefficient (Wildman–Crippen LogP) is 6.01. The lowest BCUT2D eigenvalue weighted by Gasteiger charge is -2.17. The monoisotopic (exact) mass is 517 g/mol. The quantitative estimate of drug-likeness (QED) is 0.197. The molecular weight excluding hydrogens is 486 g/mol. The average Bonchev–Trinajstić information content (AvgIpc) is 3.52. The van der Waals surface area contributed by atoms with Gasteiger partial charge in [0.05, 0.1) is 35.7 Å². The number of aryl methyl sites for hydroxylation is 2. The molecule has 0 aliphatic heterocycles. The molecule has 0 amide bonds. The number of nitrogens with zero attached hydrogens (tertiary/aromatic N) is 2. The number of benzene rings is 2. The van der Waals surface area contributed by atoms with Gasteiger partial charge in [0.25, 0.3) is 0 Å². The van der Waals surface area contributed by atoms with Crippen molar-refractivity contribution in [2.45, 2.75) is 52.9 Å². The van der Waals surface area contributed by atoms with Gasteiger partial charge in [0.1, 0.15) is 10.8 Å². The van der Waals surface area contributed by atoms with Crippen molar-refractivity contribution in [3.63, 3.8) is 0 Å². The zero-order valence-corrected chi connectivity index (χ0v) is 22.2. The van der Waals surface area contributed by atoms with E-state index in [9.17, 15) is 9.90 Å². The highest BCUT2D eigenvalue weighted by Crippen LogP contribution is 2.30. The number of aromatic nitrogens is 1. The van der Waals surface area contributed by atoms with E-state index in [4.69, 9.17) is 24.9 Å². The number of aliphatic carboxylic acids is 1. The van der Waals surface area contributed by atoms with Crippen LogP contribution in [0, 0.1) is 13.8 Å². The Morgan fingerprint density at radius 2 is 1.89 bits per heavy atom. The van der Waals surface area contributed by atoms with E-state index in [1.165, 1.54) is 16.9 Å². The second-order valence-corrected chi connectivity index (χ2v) is 10.2. The number of carboxylic acids is 1. The van der Waals surface area contributed by atoms with E-state index in [0.29, 0.717) is 12.4 Å². The smallest absolute Gasteiger partial charge is 0.333 e. The third-order valence-corrected chi connectivity index (χ3v) is 7.11. The Morgan fingerprint density at radius 3 is 2.54 bits per heavy atom. The Bertz CT molecular complexity index is 1390. The minimum absolute atomic E-state index is 0.192. The lowest BCUT2D eigenvalue weighted by molar-refractivity contribution is -0.153. The molecule has 8 heteroatoms. The van der Waals surface area contributed by atoms with Crippen molar-refractivity contribution >= 4 is 23.1 Å². The van der Waals surface area contributed by atoms with Gasteiger partial charge in [-0.3, -0.25) is 4.99 Å². The molecule has 0 saturated heterocycles. The number of rotatable bonds is 10. The van der Waals surface area contributed by atoms with Crippen LogP contribution in [0.4, 0.5) is 0 Å². The minimum atomic E-state index is -0.985. The molecule has 2 aromatic carbocycles. The molecule has 1 atom stereocenters. The summed E-state index contributed by atoms with van der Waals surface area (Å²) in [6, 6.07) is 16.0. The Labute approximate surface area is 220 Å². The Kier molecular flexibility index (Phi) is 8.21. The first-order valence-corrected chi connectivity index (χ1v) is 12.9. The average molecular weight is 518 g/mol. The zero-order valence-electron chi connectivity index (χ0n) is 21.4. The van der Waals surface area contributed by atoms with Crippen LogP contribution < -0.4 is 5.73 Å². The summed E-state index contributed by atoms with van der Waals surface area (Å²) in [5.74, 6) is -0.565. The fourth-order valence-electron chi connectivity index (χ4n) is 4.04. The van der Waals surface area contributed by atoms with Crippen LogP contribution in [0.1, 0.15) is 41.1 Å². The van der Waals surface area contributed by atoms with E-state index in [1.54, 1.807) is 12.5 Å².